The fraction of sp³-hybridized carbons (Fsp3) is 0.610. The lowest BCUT2D eigenvalue weighted by molar-refractivity contribution is -0.127. The normalized spacial score (nSPS) is 22.9. The van der Waals surface area contributed by atoms with E-state index >= 15 is 0 Å². The van der Waals surface area contributed by atoms with Crippen LogP contribution in [-0.4, -0.2) is 117 Å². The molecule has 1 aromatic carbocycles. The minimum atomic E-state index is -3.67. The first-order valence-electron chi connectivity index (χ1n) is 20.0. The molecule has 4 fully saturated rings. The van der Waals surface area contributed by atoms with Crippen molar-refractivity contribution in [3.63, 3.8) is 0 Å². The molecule has 4 heterocycles. The number of methoxy groups -OCH3 is 1. The third-order valence-corrected chi connectivity index (χ3v) is 14.1. The van der Waals surface area contributed by atoms with Gasteiger partial charge in [-0.2, -0.15) is 0 Å². The highest BCUT2D eigenvalue weighted by molar-refractivity contribution is 7.90. The van der Waals surface area contributed by atoms with E-state index in [0.717, 1.165) is 111 Å². The second-order valence-corrected chi connectivity index (χ2v) is 17.8. The van der Waals surface area contributed by atoms with Gasteiger partial charge in [-0.1, -0.05) is 25.3 Å². The molecule has 0 radical (unpaired) electrons. The number of nitrogens with zero attached hydrogens (tertiary/aromatic N) is 4. The molecule has 6 aliphatic rings. The number of fused-ring (bicyclic) bond motifs is 5. The lowest BCUT2D eigenvalue weighted by Crippen LogP contribution is -2.42. The molecule has 12 heteroatoms. The second kappa shape index (κ2) is 15.7. The number of carbonyl (C=O) groups excluding carboxylic acids is 2. The molecular weight excluding hydrogens is 691 g/mol. The van der Waals surface area contributed by atoms with Crippen molar-refractivity contribution < 1.29 is 27.5 Å². The van der Waals surface area contributed by atoms with E-state index in [2.05, 4.69) is 37.3 Å². The van der Waals surface area contributed by atoms with Gasteiger partial charge in [0.15, 0.2) is 0 Å². The number of benzene rings is 1. The monoisotopic (exact) mass is 745 g/mol. The van der Waals surface area contributed by atoms with Crippen LogP contribution in [0.25, 0.3) is 29.5 Å². The summed E-state index contributed by atoms with van der Waals surface area (Å²) in [7, 11) is -1.99. The zero-order valence-electron chi connectivity index (χ0n) is 31.2. The van der Waals surface area contributed by atoms with Crippen LogP contribution in [0, 0.1) is 5.92 Å². The SMILES string of the molecule is COc1ccc2c(c1)C=C(C(=O)N1CCCN(CCCN3CCOCC3)CC1)Cn1c-2c(C2CCCCC2)c2c1=CC(C(=O)NS(=O)(=O)C1CC1)CC=2. The van der Waals surface area contributed by atoms with Crippen LogP contribution in [0.1, 0.15) is 81.3 Å². The molecule has 2 saturated heterocycles. The van der Waals surface area contributed by atoms with Crippen LogP contribution < -0.4 is 20.0 Å². The number of hydrogen-bond acceptors (Lipinski definition) is 8. The highest BCUT2D eigenvalue weighted by Gasteiger charge is 2.38. The molecule has 3 aliphatic carbocycles. The number of hydrogen-bond donors (Lipinski definition) is 1. The third-order valence-electron chi connectivity index (χ3n) is 12.2. The molecule has 2 aromatic rings. The molecule has 0 spiro atoms. The first-order valence-corrected chi connectivity index (χ1v) is 21.5. The lowest BCUT2D eigenvalue weighted by Gasteiger charge is -2.28. The molecule has 2 amide bonds. The molecule has 1 unspecified atom stereocenters. The van der Waals surface area contributed by atoms with Gasteiger partial charge in [-0.15, -0.1) is 0 Å². The van der Waals surface area contributed by atoms with Crippen LogP contribution in [0.5, 0.6) is 5.75 Å². The molecule has 11 nitrogen and oxygen atoms in total. The quantitative estimate of drug-likeness (QED) is 0.395. The number of ether oxygens (including phenoxy) is 2. The van der Waals surface area contributed by atoms with Crippen molar-refractivity contribution in [1.29, 1.82) is 0 Å². The molecule has 0 bridgehead atoms. The molecule has 53 heavy (non-hydrogen) atoms. The number of morpholine rings is 1. The highest BCUT2D eigenvalue weighted by atomic mass is 32.2. The van der Waals surface area contributed by atoms with Crippen LogP contribution in [0.4, 0.5) is 0 Å². The van der Waals surface area contributed by atoms with E-state index in [1.54, 1.807) is 7.11 Å². The summed E-state index contributed by atoms with van der Waals surface area (Å²) in [6, 6.07) is 6.16. The van der Waals surface area contributed by atoms with E-state index < -0.39 is 27.1 Å². The Hall–Kier alpha value is -3.45. The van der Waals surface area contributed by atoms with Crippen molar-refractivity contribution in [1.82, 2.24) is 24.0 Å². The summed E-state index contributed by atoms with van der Waals surface area (Å²) >= 11 is 0. The van der Waals surface area contributed by atoms with Crippen LogP contribution in [-0.2, 0) is 30.9 Å². The summed E-state index contributed by atoms with van der Waals surface area (Å²) in [6.45, 7) is 9.36. The van der Waals surface area contributed by atoms with Gasteiger partial charge in [0, 0.05) is 49.2 Å². The smallest absolute Gasteiger partial charge is 0.251 e. The lowest BCUT2D eigenvalue weighted by atomic mass is 9.81. The third kappa shape index (κ3) is 7.88. The van der Waals surface area contributed by atoms with E-state index in [1.165, 1.54) is 24.8 Å². The van der Waals surface area contributed by atoms with Crippen molar-refractivity contribution in [2.45, 2.75) is 81.9 Å². The van der Waals surface area contributed by atoms with Gasteiger partial charge >= 0.3 is 0 Å². The summed E-state index contributed by atoms with van der Waals surface area (Å²) in [5.74, 6) is 0.0677. The van der Waals surface area contributed by atoms with Gasteiger partial charge in [0.25, 0.3) is 5.91 Å². The Bertz CT molecular complexity index is 1970. The predicted octanol–water partition coefficient (Wildman–Crippen LogP) is 3.05. The Morgan fingerprint density at radius 1 is 0.925 bits per heavy atom. The number of amides is 2. The van der Waals surface area contributed by atoms with Gasteiger partial charge in [-0.3, -0.25) is 19.2 Å². The summed E-state index contributed by atoms with van der Waals surface area (Å²) in [4.78, 5) is 35.2. The Kier molecular flexibility index (Phi) is 10.8. The van der Waals surface area contributed by atoms with Crippen LogP contribution in [0.3, 0.4) is 0 Å². The number of carbonyl (C=O) groups is 2. The fourth-order valence-corrected chi connectivity index (χ4v) is 10.5. The Morgan fingerprint density at radius 2 is 1.70 bits per heavy atom. The van der Waals surface area contributed by atoms with Crippen LogP contribution in [0.2, 0.25) is 0 Å². The molecular formula is C41H55N5O6S. The van der Waals surface area contributed by atoms with Crippen LogP contribution in [0.15, 0.2) is 23.8 Å². The van der Waals surface area contributed by atoms with E-state index in [-0.39, 0.29) is 5.91 Å². The topological polar surface area (TPSA) is 113 Å². The van der Waals surface area contributed by atoms with Crippen molar-refractivity contribution in [2.75, 3.05) is 72.7 Å². The second-order valence-electron chi connectivity index (χ2n) is 15.8. The molecule has 1 aromatic heterocycles. The average Bonchev–Trinajstić information content (AvgIpc) is 4.03. The predicted molar refractivity (Wildman–Crippen MR) is 206 cm³/mol. The maximum Gasteiger partial charge on any atom is 0.251 e. The Labute approximate surface area is 313 Å². The minimum Gasteiger partial charge on any atom is -0.497 e. The highest BCUT2D eigenvalue weighted by Crippen LogP contribution is 2.41. The van der Waals surface area contributed by atoms with Crippen molar-refractivity contribution in [2.24, 2.45) is 5.92 Å². The maximum atomic E-state index is 14.7. The molecule has 3 aliphatic heterocycles. The first kappa shape index (κ1) is 36.5. The van der Waals surface area contributed by atoms with E-state index in [9.17, 15) is 18.0 Å². The zero-order valence-corrected chi connectivity index (χ0v) is 32.0. The van der Waals surface area contributed by atoms with Gasteiger partial charge < -0.3 is 23.8 Å². The largest absolute Gasteiger partial charge is 0.497 e. The Balaban J connectivity index is 1.12. The molecule has 286 valence electrons. The first-order chi connectivity index (χ1) is 25.8. The summed E-state index contributed by atoms with van der Waals surface area (Å²) in [5.41, 5.74) is 5.15. The fourth-order valence-electron chi connectivity index (χ4n) is 9.17. The van der Waals surface area contributed by atoms with Gasteiger partial charge in [-0.05, 0) is 117 Å². The minimum absolute atomic E-state index is 0.0491. The zero-order chi connectivity index (χ0) is 36.5. The summed E-state index contributed by atoms with van der Waals surface area (Å²) in [5, 5.41) is 1.59. The van der Waals surface area contributed by atoms with Gasteiger partial charge in [0.2, 0.25) is 15.9 Å². The summed E-state index contributed by atoms with van der Waals surface area (Å²) < 4.78 is 41.4. The van der Waals surface area contributed by atoms with Crippen LogP contribution >= 0.6 is 0 Å². The van der Waals surface area contributed by atoms with Gasteiger partial charge in [-0.25, -0.2) is 8.42 Å². The van der Waals surface area contributed by atoms with Gasteiger partial charge in [0.1, 0.15) is 5.75 Å². The van der Waals surface area contributed by atoms with Gasteiger partial charge in [0.05, 0.1) is 43.7 Å². The number of rotatable bonds is 10. The van der Waals surface area contributed by atoms with Crippen molar-refractivity contribution in [3.05, 3.63) is 45.5 Å². The standard InChI is InChI=1S/C41H55N5O6S/c1-51-33-10-14-35-31(26-33)25-32(41(48)45-18-6-17-43(19-20-45)15-5-16-44-21-23-52-24-22-44)28-46-37-27-30(40(47)42-53(49,50)34-11-12-34)9-13-36(37)38(39(35)46)29-7-3-2-4-8-29/h10,13-14,25-27,29-30,34H,2-9,11-12,15-24,28H2,1H3,(H,42,47). The van der Waals surface area contributed by atoms with E-state index in [1.807, 2.05) is 23.1 Å². The molecule has 8 rings (SSSR count). The Morgan fingerprint density at radius 3 is 2.45 bits per heavy atom. The van der Waals surface area contributed by atoms with Crippen molar-refractivity contribution in [3.8, 4) is 17.0 Å². The van der Waals surface area contributed by atoms with E-state index in [0.29, 0.717) is 50.4 Å². The summed E-state index contributed by atoms with van der Waals surface area (Å²) in [6.07, 6.45) is 15.7. The average molecular weight is 746 g/mol. The van der Waals surface area contributed by atoms with Crippen molar-refractivity contribution >= 4 is 40.1 Å². The number of aromatic nitrogens is 1. The molecule has 1 atom stereocenters. The molecule has 2 saturated carbocycles. The molecule has 1 N–H and O–H groups in total. The van der Waals surface area contributed by atoms with E-state index in [4.69, 9.17) is 9.47 Å². The number of sulfonamides is 1. The number of nitrogens with one attached hydrogen (secondary N) is 1. The maximum absolute atomic E-state index is 14.7.